The summed E-state index contributed by atoms with van der Waals surface area (Å²) in [6.07, 6.45) is 6.92. The van der Waals surface area contributed by atoms with E-state index in [1.807, 2.05) is 6.92 Å². The molecule has 1 fully saturated rings. The van der Waals surface area contributed by atoms with Crippen molar-refractivity contribution in [2.75, 3.05) is 0 Å². The van der Waals surface area contributed by atoms with E-state index in [0.717, 1.165) is 31.6 Å². The first-order valence-electron chi connectivity index (χ1n) is 6.53. The third-order valence-electron chi connectivity index (χ3n) is 3.30. The lowest BCUT2D eigenvalue weighted by molar-refractivity contribution is -0.151. The molecule has 0 amide bonds. The summed E-state index contributed by atoms with van der Waals surface area (Å²) in [5.41, 5.74) is 5.63. The molecule has 1 aliphatic carbocycles. The van der Waals surface area contributed by atoms with E-state index in [1.165, 1.54) is 12.8 Å². The van der Waals surface area contributed by atoms with Crippen molar-refractivity contribution in [1.82, 2.24) is 0 Å². The zero-order valence-corrected chi connectivity index (χ0v) is 10.6. The lowest BCUT2D eigenvalue weighted by atomic mass is 9.89. The molecule has 2 N–H and O–H groups in total. The fourth-order valence-electron chi connectivity index (χ4n) is 2.16. The van der Waals surface area contributed by atoms with E-state index >= 15 is 0 Å². The predicted octanol–water partition coefficient (Wildman–Crippen LogP) is 2.63. The van der Waals surface area contributed by atoms with Crippen molar-refractivity contribution in [2.45, 2.75) is 70.9 Å². The van der Waals surface area contributed by atoms with Gasteiger partial charge in [0.2, 0.25) is 0 Å². The van der Waals surface area contributed by atoms with Gasteiger partial charge >= 0.3 is 5.97 Å². The molecule has 0 heterocycles. The fraction of sp³-hybridized carbons (Fsp3) is 0.923. The summed E-state index contributed by atoms with van der Waals surface area (Å²) in [5.74, 6) is 0.758. The fourth-order valence-corrected chi connectivity index (χ4v) is 2.16. The highest BCUT2D eigenvalue weighted by molar-refractivity contribution is 5.69. The summed E-state index contributed by atoms with van der Waals surface area (Å²) < 4.78 is 5.44. The first-order valence-corrected chi connectivity index (χ1v) is 6.53. The Balaban J connectivity index is 2.09. The summed E-state index contributed by atoms with van der Waals surface area (Å²) in [5, 5.41) is 0. The first kappa shape index (κ1) is 13.5. The van der Waals surface area contributed by atoms with Gasteiger partial charge in [0, 0.05) is 12.5 Å². The van der Waals surface area contributed by atoms with E-state index in [-0.39, 0.29) is 18.1 Å². The minimum Gasteiger partial charge on any atom is -0.462 e. The number of carbonyl (C=O) groups excluding carboxylic acids is 1. The number of ether oxygens (including phenoxy) is 1. The largest absolute Gasteiger partial charge is 0.462 e. The van der Waals surface area contributed by atoms with Crippen molar-refractivity contribution >= 4 is 5.97 Å². The van der Waals surface area contributed by atoms with Crippen LogP contribution in [0.3, 0.4) is 0 Å². The maximum atomic E-state index is 11.5. The molecular weight excluding hydrogens is 202 g/mol. The minimum atomic E-state index is -0.0415. The number of carbonyl (C=O) groups is 1. The average Bonchev–Trinajstić information content (AvgIpc) is 2.21. The van der Waals surface area contributed by atoms with Crippen LogP contribution in [0.2, 0.25) is 0 Å². The van der Waals surface area contributed by atoms with E-state index in [2.05, 4.69) is 6.92 Å². The Morgan fingerprint density at radius 2 is 2.00 bits per heavy atom. The van der Waals surface area contributed by atoms with Crippen LogP contribution in [-0.2, 0) is 9.53 Å². The van der Waals surface area contributed by atoms with Crippen LogP contribution in [0.4, 0.5) is 0 Å². The van der Waals surface area contributed by atoms with E-state index in [4.69, 9.17) is 10.5 Å². The monoisotopic (exact) mass is 227 g/mol. The molecule has 1 saturated carbocycles. The molecule has 3 heteroatoms. The van der Waals surface area contributed by atoms with E-state index < -0.39 is 0 Å². The van der Waals surface area contributed by atoms with Crippen molar-refractivity contribution in [3.05, 3.63) is 0 Å². The standard InChI is InChI=1S/C13H25NO2/c1-10-6-8-12(9-7-10)16-13(15)5-3-4-11(2)14/h10-12H,3-9,14H2,1-2H3. The Morgan fingerprint density at radius 1 is 1.38 bits per heavy atom. The summed E-state index contributed by atoms with van der Waals surface area (Å²) in [6.45, 7) is 4.23. The number of rotatable bonds is 5. The SMILES string of the molecule is CC(N)CCCC(=O)OC1CCC(C)CC1. The van der Waals surface area contributed by atoms with Crippen molar-refractivity contribution in [1.29, 1.82) is 0 Å². The molecule has 0 aromatic heterocycles. The second kappa shape index (κ2) is 6.89. The second-order valence-electron chi connectivity index (χ2n) is 5.24. The molecule has 3 nitrogen and oxygen atoms in total. The van der Waals surface area contributed by atoms with Crippen LogP contribution in [-0.4, -0.2) is 18.1 Å². The lowest BCUT2D eigenvalue weighted by Crippen LogP contribution is -2.23. The van der Waals surface area contributed by atoms with Gasteiger partial charge in [0.1, 0.15) is 6.10 Å². The highest BCUT2D eigenvalue weighted by Gasteiger charge is 2.21. The first-order chi connectivity index (χ1) is 7.58. The topological polar surface area (TPSA) is 52.3 Å². The van der Waals surface area contributed by atoms with Gasteiger partial charge in [-0.25, -0.2) is 0 Å². The summed E-state index contributed by atoms with van der Waals surface area (Å²) in [6, 6.07) is 0.184. The molecule has 0 aliphatic heterocycles. The highest BCUT2D eigenvalue weighted by atomic mass is 16.5. The van der Waals surface area contributed by atoms with Gasteiger partial charge in [0.25, 0.3) is 0 Å². The molecule has 0 aromatic carbocycles. The smallest absolute Gasteiger partial charge is 0.306 e. The van der Waals surface area contributed by atoms with Gasteiger partial charge in [-0.15, -0.1) is 0 Å². The van der Waals surface area contributed by atoms with E-state index in [9.17, 15) is 4.79 Å². The van der Waals surface area contributed by atoms with Crippen molar-refractivity contribution in [3.8, 4) is 0 Å². The average molecular weight is 227 g/mol. The highest BCUT2D eigenvalue weighted by Crippen LogP contribution is 2.25. The quantitative estimate of drug-likeness (QED) is 0.735. The molecule has 1 unspecified atom stereocenters. The maximum absolute atomic E-state index is 11.5. The van der Waals surface area contributed by atoms with E-state index in [1.54, 1.807) is 0 Å². The number of esters is 1. The molecule has 0 spiro atoms. The Kier molecular flexibility index (Phi) is 5.81. The van der Waals surface area contributed by atoms with Crippen LogP contribution in [0.25, 0.3) is 0 Å². The molecule has 94 valence electrons. The van der Waals surface area contributed by atoms with Crippen molar-refractivity contribution in [2.24, 2.45) is 11.7 Å². The zero-order chi connectivity index (χ0) is 12.0. The summed E-state index contributed by atoms with van der Waals surface area (Å²) in [7, 11) is 0. The van der Waals surface area contributed by atoms with Gasteiger partial charge < -0.3 is 10.5 Å². The van der Waals surface area contributed by atoms with Crippen LogP contribution in [0.15, 0.2) is 0 Å². The van der Waals surface area contributed by atoms with Crippen molar-refractivity contribution in [3.63, 3.8) is 0 Å². The van der Waals surface area contributed by atoms with E-state index in [0.29, 0.717) is 6.42 Å². The normalized spacial score (nSPS) is 27.4. The number of hydrogen-bond acceptors (Lipinski definition) is 3. The molecular formula is C13H25NO2. The van der Waals surface area contributed by atoms with Crippen LogP contribution in [0, 0.1) is 5.92 Å². The van der Waals surface area contributed by atoms with Gasteiger partial charge in [-0.2, -0.15) is 0 Å². The van der Waals surface area contributed by atoms with Gasteiger partial charge in [0.05, 0.1) is 0 Å². The lowest BCUT2D eigenvalue weighted by Gasteiger charge is -2.26. The number of nitrogens with two attached hydrogens (primary N) is 1. The molecule has 1 aliphatic rings. The second-order valence-corrected chi connectivity index (χ2v) is 5.24. The molecule has 0 bridgehead atoms. The van der Waals surface area contributed by atoms with Gasteiger partial charge in [0.15, 0.2) is 0 Å². The molecule has 16 heavy (non-hydrogen) atoms. The Hall–Kier alpha value is -0.570. The minimum absolute atomic E-state index is 0.0415. The van der Waals surface area contributed by atoms with Crippen LogP contribution in [0.1, 0.15) is 58.8 Å². The summed E-state index contributed by atoms with van der Waals surface area (Å²) >= 11 is 0. The number of hydrogen-bond donors (Lipinski definition) is 1. The Morgan fingerprint density at radius 3 is 2.56 bits per heavy atom. The van der Waals surface area contributed by atoms with Crippen molar-refractivity contribution < 1.29 is 9.53 Å². The molecule has 1 rings (SSSR count). The van der Waals surface area contributed by atoms with Gasteiger partial charge in [-0.3, -0.25) is 4.79 Å². The predicted molar refractivity (Wildman–Crippen MR) is 65.0 cm³/mol. The van der Waals surface area contributed by atoms with Gasteiger partial charge in [-0.05, 0) is 51.4 Å². The Labute approximate surface area is 98.7 Å². The summed E-state index contributed by atoms with van der Waals surface area (Å²) in [4.78, 5) is 11.5. The van der Waals surface area contributed by atoms with Crippen LogP contribution in [0.5, 0.6) is 0 Å². The molecule has 1 atom stereocenters. The van der Waals surface area contributed by atoms with Crippen LogP contribution >= 0.6 is 0 Å². The third kappa shape index (κ3) is 5.50. The maximum Gasteiger partial charge on any atom is 0.306 e. The van der Waals surface area contributed by atoms with Gasteiger partial charge in [-0.1, -0.05) is 6.92 Å². The molecule has 0 aromatic rings. The third-order valence-corrected chi connectivity index (χ3v) is 3.30. The van der Waals surface area contributed by atoms with Crippen LogP contribution < -0.4 is 5.73 Å². The zero-order valence-electron chi connectivity index (χ0n) is 10.6. The molecule has 0 saturated heterocycles. The Bertz CT molecular complexity index is 208. The molecule has 0 radical (unpaired) electrons.